The number of amides is 2. The zero-order valence-corrected chi connectivity index (χ0v) is 16.4. The van der Waals surface area contributed by atoms with E-state index in [9.17, 15) is 9.59 Å². The first-order valence-corrected chi connectivity index (χ1v) is 9.40. The van der Waals surface area contributed by atoms with E-state index in [4.69, 9.17) is 15.2 Å². The number of carbonyl (C=O) groups excluding carboxylic acids is 2. The highest BCUT2D eigenvalue weighted by molar-refractivity contribution is 5.87. The lowest BCUT2D eigenvalue weighted by Crippen LogP contribution is -2.49. The second-order valence-corrected chi connectivity index (χ2v) is 7.39. The van der Waals surface area contributed by atoms with Crippen LogP contribution in [0.3, 0.4) is 0 Å². The number of benzene rings is 1. The number of nitrogens with two attached hydrogens (primary N) is 1. The van der Waals surface area contributed by atoms with Crippen LogP contribution in [0.25, 0.3) is 0 Å². The molecule has 7 nitrogen and oxygen atoms in total. The molecule has 2 rings (SSSR count). The molecule has 27 heavy (non-hydrogen) atoms. The molecule has 1 aliphatic rings. The van der Waals surface area contributed by atoms with Crippen LogP contribution < -0.4 is 21.1 Å². The van der Waals surface area contributed by atoms with Crippen molar-refractivity contribution in [2.45, 2.75) is 38.1 Å². The van der Waals surface area contributed by atoms with Crippen LogP contribution in [0.2, 0.25) is 0 Å². The van der Waals surface area contributed by atoms with Crippen molar-refractivity contribution in [2.24, 2.45) is 11.7 Å². The molecule has 0 radical (unpaired) electrons. The fourth-order valence-electron chi connectivity index (χ4n) is 3.19. The second-order valence-electron chi connectivity index (χ2n) is 7.39. The average Bonchev–Trinajstić information content (AvgIpc) is 2.70. The SMILES string of the molecule is COc1ccc(C2(CNC(=O)CNC(=O)[C@@H](N)C(C)C)CCOCC2)cc1. The third-order valence-electron chi connectivity index (χ3n) is 5.22. The third-order valence-corrected chi connectivity index (χ3v) is 5.22. The van der Waals surface area contributed by atoms with E-state index in [1.807, 2.05) is 38.1 Å². The van der Waals surface area contributed by atoms with Gasteiger partial charge in [0.1, 0.15) is 5.75 Å². The van der Waals surface area contributed by atoms with E-state index in [0.29, 0.717) is 19.8 Å². The average molecular weight is 377 g/mol. The minimum Gasteiger partial charge on any atom is -0.497 e. The summed E-state index contributed by atoms with van der Waals surface area (Å²) in [6.45, 7) is 5.47. The predicted octanol–water partition coefficient (Wildman–Crippen LogP) is 0.959. The van der Waals surface area contributed by atoms with Gasteiger partial charge in [-0.1, -0.05) is 26.0 Å². The van der Waals surface area contributed by atoms with Crippen LogP contribution in [-0.2, 0) is 19.7 Å². The van der Waals surface area contributed by atoms with Crippen LogP contribution in [0.5, 0.6) is 5.75 Å². The fraction of sp³-hybridized carbons (Fsp3) is 0.600. The van der Waals surface area contributed by atoms with Crippen molar-refractivity contribution in [3.05, 3.63) is 29.8 Å². The van der Waals surface area contributed by atoms with Gasteiger partial charge in [0.15, 0.2) is 0 Å². The summed E-state index contributed by atoms with van der Waals surface area (Å²) in [5.74, 6) is 0.289. The van der Waals surface area contributed by atoms with E-state index in [0.717, 1.165) is 24.2 Å². The van der Waals surface area contributed by atoms with Crippen LogP contribution in [-0.4, -0.2) is 51.3 Å². The van der Waals surface area contributed by atoms with E-state index in [2.05, 4.69) is 10.6 Å². The molecule has 7 heteroatoms. The first kappa shape index (κ1) is 21.2. The van der Waals surface area contributed by atoms with Crippen molar-refractivity contribution in [1.82, 2.24) is 10.6 Å². The Morgan fingerprint density at radius 3 is 2.37 bits per heavy atom. The minimum absolute atomic E-state index is 0.0219. The summed E-state index contributed by atoms with van der Waals surface area (Å²) >= 11 is 0. The van der Waals surface area contributed by atoms with Gasteiger partial charge < -0.3 is 25.8 Å². The summed E-state index contributed by atoms with van der Waals surface area (Å²) in [5.41, 5.74) is 6.76. The summed E-state index contributed by atoms with van der Waals surface area (Å²) in [5, 5.41) is 5.56. The maximum absolute atomic E-state index is 12.2. The molecule has 1 fully saturated rings. The number of nitrogens with one attached hydrogen (secondary N) is 2. The first-order chi connectivity index (χ1) is 12.9. The molecule has 2 amide bonds. The monoisotopic (exact) mass is 377 g/mol. The molecule has 0 spiro atoms. The van der Waals surface area contributed by atoms with Crippen molar-refractivity contribution in [3.63, 3.8) is 0 Å². The molecule has 0 unspecified atom stereocenters. The van der Waals surface area contributed by atoms with E-state index in [-0.39, 0.29) is 29.7 Å². The van der Waals surface area contributed by atoms with Crippen molar-refractivity contribution < 1.29 is 19.1 Å². The highest BCUT2D eigenvalue weighted by Gasteiger charge is 2.35. The Hall–Kier alpha value is -2.12. The Kier molecular flexibility index (Phi) is 7.62. The molecule has 0 saturated carbocycles. The number of hydrogen-bond acceptors (Lipinski definition) is 5. The zero-order valence-electron chi connectivity index (χ0n) is 16.4. The molecule has 0 bridgehead atoms. The van der Waals surface area contributed by atoms with Crippen molar-refractivity contribution >= 4 is 11.8 Å². The summed E-state index contributed by atoms with van der Waals surface area (Å²) in [4.78, 5) is 24.1. The molecule has 0 aliphatic carbocycles. The molecule has 150 valence electrons. The van der Waals surface area contributed by atoms with Gasteiger partial charge in [0.25, 0.3) is 0 Å². The lowest BCUT2D eigenvalue weighted by molar-refractivity contribution is -0.127. The highest BCUT2D eigenvalue weighted by atomic mass is 16.5. The van der Waals surface area contributed by atoms with Crippen LogP contribution >= 0.6 is 0 Å². The highest BCUT2D eigenvalue weighted by Crippen LogP contribution is 2.35. The van der Waals surface area contributed by atoms with Crippen LogP contribution in [0.4, 0.5) is 0 Å². The van der Waals surface area contributed by atoms with E-state index >= 15 is 0 Å². The molecular formula is C20H31N3O4. The maximum Gasteiger partial charge on any atom is 0.239 e. The normalized spacial score (nSPS) is 17.2. The first-order valence-electron chi connectivity index (χ1n) is 9.40. The Morgan fingerprint density at radius 2 is 1.81 bits per heavy atom. The topological polar surface area (TPSA) is 103 Å². The van der Waals surface area contributed by atoms with Gasteiger partial charge >= 0.3 is 0 Å². The number of carbonyl (C=O) groups is 2. The molecule has 0 aromatic heterocycles. The van der Waals surface area contributed by atoms with E-state index < -0.39 is 6.04 Å². The Labute approximate surface area is 161 Å². The van der Waals surface area contributed by atoms with Gasteiger partial charge in [-0.3, -0.25) is 9.59 Å². The fourth-order valence-corrected chi connectivity index (χ4v) is 3.19. The quantitative estimate of drug-likeness (QED) is 0.626. The second kappa shape index (κ2) is 9.71. The Balaban J connectivity index is 1.96. The van der Waals surface area contributed by atoms with Gasteiger partial charge in [-0.05, 0) is 36.5 Å². The molecule has 1 aromatic carbocycles. The van der Waals surface area contributed by atoms with Crippen LogP contribution in [0, 0.1) is 5.92 Å². The maximum atomic E-state index is 12.2. The van der Waals surface area contributed by atoms with Crippen LogP contribution in [0.1, 0.15) is 32.3 Å². The standard InChI is InChI=1S/C20H31N3O4/c1-14(2)18(21)19(25)22-12-17(24)23-13-20(8-10-27-11-9-20)15-4-6-16(26-3)7-5-15/h4-7,14,18H,8-13,21H2,1-3H3,(H,22,25)(H,23,24)/t18-/m0/s1. The summed E-state index contributed by atoms with van der Waals surface area (Å²) < 4.78 is 10.8. The van der Waals surface area contributed by atoms with E-state index in [1.54, 1.807) is 7.11 Å². The summed E-state index contributed by atoms with van der Waals surface area (Å²) in [6.07, 6.45) is 1.65. The molecule has 4 N–H and O–H groups in total. The smallest absolute Gasteiger partial charge is 0.239 e. The molecule has 1 heterocycles. The number of ether oxygens (including phenoxy) is 2. The minimum atomic E-state index is -0.612. The van der Waals surface area contributed by atoms with Crippen molar-refractivity contribution in [2.75, 3.05) is 33.4 Å². The molecule has 1 saturated heterocycles. The summed E-state index contributed by atoms with van der Waals surface area (Å²) in [6, 6.07) is 7.34. The lowest BCUT2D eigenvalue weighted by atomic mass is 9.74. The predicted molar refractivity (Wildman–Crippen MR) is 104 cm³/mol. The number of rotatable bonds is 8. The number of hydrogen-bond donors (Lipinski definition) is 3. The van der Waals surface area contributed by atoms with Crippen molar-refractivity contribution in [1.29, 1.82) is 0 Å². The Morgan fingerprint density at radius 1 is 1.19 bits per heavy atom. The van der Waals surface area contributed by atoms with Gasteiger partial charge in [-0.2, -0.15) is 0 Å². The van der Waals surface area contributed by atoms with Crippen molar-refractivity contribution in [3.8, 4) is 5.75 Å². The van der Waals surface area contributed by atoms with Gasteiger partial charge in [0, 0.05) is 25.2 Å². The largest absolute Gasteiger partial charge is 0.497 e. The van der Waals surface area contributed by atoms with Gasteiger partial charge in [0.2, 0.25) is 11.8 Å². The lowest BCUT2D eigenvalue weighted by Gasteiger charge is -2.38. The van der Waals surface area contributed by atoms with Gasteiger partial charge in [0.05, 0.1) is 19.7 Å². The van der Waals surface area contributed by atoms with Gasteiger partial charge in [-0.15, -0.1) is 0 Å². The molecule has 1 atom stereocenters. The Bertz CT molecular complexity index is 625. The summed E-state index contributed by atoms with van der Waals surface area (Å²) in [7, 11) is 1.64. The molecule has 1 aliphatic heterocycles. The molecule has 1 aromatic rings. The molecular weight excluding hydrogens is 346 g/mol. The zero-order chi connectivity index (χ0) is 19.9. The van der Waals surface area contributed by atoms with E-state index in [1.165, 1.54) is 0 Å². The van der Waals surface area contributed by atoms with Gasteiger partial charge in [-0.25, -0.2) is 0 Å². The number of methoxy groups -OCH3 is 1. The van der Waals surface area contributed by atoms with Crippen LogP contribution in [0.15, 0.2) is 24.3 Å². The third kappa shape index (κ3) is 5.68.